The first-order valence-electron chi connectivity index (χ1n) is 6.94. The van der Waals surface area contributed by atoms with E-state index in [1.54, 1.807) is 7.05 Å². The maximum absolute atomic E-state index is 13.2. The van der Waals surface area contributed by atoms with Crippen molar-refractivity contribution in [3.8, 4) is 11.4 Å². The van der Waals surface area contributed by atoms with Gasteiger partial charge in [0, 0.05) is 19.2 Å². The van der Waals surface area contributed by atoms with Gasteiger partial charge in [0.25, 0.3) is 0 Å². The van der Waals surface area contributed by atoms with Gasteiger partial charge in [-0.3, -0.25) is 10.1 Å². The van der Waals surface area contributed by atoms with E-state index in [1.165, 1.54) is 4.90 Å². The molecule has 2 aromatic rings. The van der Waals surface area contributed by atoms with Crippen LogP contribution in [-0.2, 0) is 11.0 Å². The fourth-order valence-electron chi connectivity index (χ4n) is 2.38. The van der Waals surface area contributed by atoms with E-state index in [1.807, 2.05) is 0 Å². The third kappa shape index (κ3) is 3.09. The Morgan fingerprint density at radius 3 is 2.79 bits per heavy atom. The fraction of sp³-hybridized carbons (Fsp3) is 0.357. The number of nitrogens with zero attached hydrogens (tertiary/aromatic N) is 3. The highest BCUT2D eigenvalue weighted by Crippen LogP contribution is 2.36. The first kappa shape index (κ1) is 16.4. The Labute approximate surface area is 133 Å². The highest BCUT2D eigenvalue weighted by molar-refractivity contribution is 5.78. The standard InChI is InChI=1S/C14H12F4N4O2/c1-22-6-10(19-5-11(22)23)13-20-12(21-24-13)8-3-2-7(15)4-9(8)14(16,17)18/h2-4,10,19H,5-6H2,1H3. The molecule has 1 unspecified atom stereocenters. The van der Waals surface area contributed by atoms with Crippen molar-refractivity contribution in [2.45, 2.75) is 12.2 Å². The maximum atomic E-state index is 13.2. The zero-order valence-electron chi connectivity index (χ0n) is 12.4. The minimum Gasteiger partial charge on any atom is -0.343 e. The number of benzene rings is 1. The molecule has 0 spiro atoms. The quantitative estimate of drug-likeness (QED) is 0.844. The maximum Gasteiger partial charge on any atom is 0.417 e. The van der Waals surface area contributed by atoms with Gasteiger partial charge in [0.2, 0.25) is 17.6 Å². The molecule has 1 N–H and O–H groups in total. The summed E-state index contributed by atoms with van der Waals surface area (Å²) in [5.41, 5.74) is -1.56. The topological polar surface area (TPSA) is 71.3 Å². The molecule has 24 heavy (non-hydrogen) atoms. The van der Waals surface area contributed by atoms with E-state index >= 15 is 0 Å². The van der Waals surface area contributed by atoms with Crippen molar-refractivity contribution in [2.24, 2.45) is 0 Å². The predicted molar refractivity (Wildman–Crippen MR) is 73.1 cm³/mol. The molecule has 1 aromatic heterocycles. The van der Waals surface area contributed by atoms with Gasteiger partial charge in [-0.25, -0.2) is 4.39 Å². The van der Waals surface area contributed by atoms with Crippen LogP contribution in [0.25, 0.3) is 11.4 Å². The minimum atomic E-state index is -4.76. The molecule has 2 heterocycles. The van der Waals surface area contributed by atoms with Crippen LogP contribution in [0.5, 0.6) is 0 Å². The smallest absolute Gasteiger partial charge is 0.343 e. The third-order valence-corrected chi connectivity index (χ3v) is 3.65. The van der Waals surface area contributed by atoms with Gasteiger partial charge in [0.15, 0.2) is 0 Å². The van der Waals surface area contributed by atoms with Crippen molar-refractivity contribution >= 4 is 5.91 Å². The van der Waals surface area contributed by atoms with Crippen LogP contribution in [0.2, 0.25) is 0 Å². The summed E-state index contributed by atoms with van der Waals surface area (Å²) in [5, 5.41) is 6.42. The number of carbonyl (C=O) groups is 1. The van der Waals surface area contributed by atoms with E-state index in [4.69, 9.17) is 4.52 Å². The van der Waals surface area contributed by atoms with Crippen LogP contribution in [0.15, 0.2) is 22.7 Å². The number of rotatable bonds is 2. The average Bonchev–Trinajstić information content (AvgIpc) is 2.99. The Bertz CT molecular complexity index is 774. The highest BCUT2D eigenvalue weighted by atomic mass is 19.4. The number of carbonyl (C=O) groups excluding carboxylic acids is 1. The Hall–Kier alpha value is -2.49. The molecule has 6 nitrogen and oxygen atoms in total. The summed E-state index contributed by atoms with van der Waals surface area (Å²) in [6.07, 6.45) is -4.76. The molecule has 1 amide bonds. The van der Waals surface area contributed by atoms with Crippen molar-refractivity contribution in [1.29, 1.82) is 0 Å². The Kier molecular flexibility index (Phi) is 3.99. The number of hydrogen-bond donors (Lipinski definition) is 1. The number of amides is 1. The molecule has 1 aromatic carbocycles. The number of likely N-dealkylation sites (N-methyl/N-ethyl adjacent to an activating group) is 1. The summed E-state index contributed by atoms with van der Waals surface area (Å²) in [7, 11) is 1.59. The lowest BCUT2D eigenvalue weighted by Gasteiger charge is -2.28. The van der Waals surface area contributed by atoms with Gasteiger partial charge in [-0.15, -0.1) is 0 Å². The van der Waals surface area contributed by atoms with Crippen LogP contribution in [-0.4, -0.2) is 41.1 Å². The Balaban J connectivity index is 1.93. The van der Waals surface area contributed by atoms with Crippen LogP contribution >= 0.6 is 0 Å². The van der Waals surface area contributed by atoms with Crippen molar-refractivity contribution < 1.29 is 26.9 Å². The summed E-state index contributed by atoms with van der Waals surface area (Å²) in [6, 6.07) is 1.75. The van der Waals surface area contributed by atoms with Gasteiger partial charge in [-0.05, 0) is 18.2 Å². The van der Waals surface area contributed by atoms with Crippen LogP contribution in [0.3, 0.4) is 0 Å². The molecule has 0 saturated carbocycles. The lowest BCUT2D eigenvalue weighted by Crippen LogP contribution is -2.47. The number of hydrogen-bond acceptors (Lipinski definition) is 5. The Morgan fingerprint density at radius 1 is 1.38 bits per heavy atom. The number of aromatic nitrogens is 2. The monoisotopic (exact) mass is 344 g/mol. The number of alkyl halides is 3. The molecule has 10 heteroatoms. The van der Waals surface area contributed by atoms with Crippen molar-refractivity contribution in [3.05, 3.63) is 35.5 Å². The summed E-state index contributed by atoms with van der Waals surface area (Å²) < 4.78 is 57.4. The van der Waals surface area contributed by atoms with Crippen molar-refractivity contribution in [1.82, 2.24) is 20.4 Å². The SMILES string of the molecule is CN1CC(c2nc(-c3ccc(F)cc3C(F)(F)F)no2)NCC1=O. The number of piperazine rings is 1. The first-order valence-corrected chi connectivity index (χ1v) is 6.94. The Morgan fingerprint density at radius 2 is 2.12 bits per heavy atom. The van der Waals surface area contributed by atoms with Gasteiger partial charge in [-0.2, -0.15) is 18.2 Å². The van der Waals surface area contributed by atoms with Crippen molar-refractivity contribution in [2.75, 3.05) is 20.1 Å². The zero-order valence-corrected chi connectivity index (χ0v) is 12.4. The predicted octanol–water partition coefficient (Wildman–Crippen LogP) is 2.00. The molecule has 0 radical (unpaired) electrons. The number of halogens is 4. The summed E-state index contributed by atoms with van der Waals surface area (Å²) in [4.78, 5) is 16.8. The summed E-state index contributed by atoms with van der Waals surface area (Å²) in [5.74, 6) is -1.37. The average molecular weight is 344 g/mol. The first-order chi connectivity index (χ1) is 11.3. The molecule has 3 rings (SSSR count). The van der Waals surface area contributed by atoms with Crippen LogP contribution < -0.4 is 5.32 Å². The highest BCUT2D eigenvalue weighted by Gasteiger charge is 2.36. The fourth-order valence-corrected chi connectivity index (χ4v) is 2.38. The third-order valence-electron chi connectivity index (χ3n) is 3.65. The van der Waals surface area contributed by atoms with E-state index in [9.17, 15) is 22.4 Å². The molecule has 128 valence electrons. The minimum absolute atomic E-state index is 0.0572. The lowest BCUT2D eigenvalue weighted by atomic mass is 10.1. The molecule has 1 fully saturated rings. The van der Waals surface area contributed by atoms with E-state index in [-0.39, 0.29) is 36.3 Å². The second-order valence-electron chi connectivity index (χ2n) is 5.35. The lowest BCUT2D eigenvalue weighted by molar-refractivity contribution is -0.137. The van der Waals surface area contributed by atoms with Crippen LogP contribution in [0.4, 0.5) is 17.6 Å². The van der Waals surface area contributed by atoms with E-state index in [0.717, 1.165) is 12.1 Å². The summed E-state index contributed by atoms with van der Waals surface area (Å²) in [6.45, 7) is 0.305. The van der Waals surface area contributed by atoms with E-state index < -0.39 is 23.6 Å². The molecule has 1 saturated heterocycles. The van der Waals surface area contributed by atoms with Gasteiger partial charge < -0.3 is 9.42 Å². The molecular formula is C14H12F4N4O2. The summed E-state index contributed by atoms with van der Waals surface area (Å²) >= 11 is 0. The van der Waals surface area contributed by atoms with Gasteiger partial charge in [0.1, 0.15) is 11.9 Å². The second-order valence-corrected chi connectivity index (χ2v) is 5.35. The molecule has 0 bridgehead atoms. The normalized spacial score (nSPS) is 19.0. The molecule has 1 atom stereocenters. The molecular weight excluding hydrogens is 332 g/mol. The molecule has 1 aliphatic rings. The largest absolute Gasteiger partial charge is 0.417 e. The zero-order chi connectivity index (χ0) is 17.5. The van der Waals surface area contributed by atoms with E-state index in [0.29, 0.717) is 6.07 Å². The van der Waals surface area contributed by atoms with Crippen molar-refractivity contribution in [3.63, 3.8) is 0 Å². The van der Waals surface area contributed by atoms with Crippen LogP contribution in [0, 0.1) is 5.82 Å². The van der Waals surface area contributed by atoms with Crippen LogP contribution in [0.1, 0.15) is 17.5 Å². The van der Waals surface area contributed by atoms with Gasteiger partial charge >= 0.3 is 6.18 Å². The second kappa shape index (κ2) is 5.86. The van der Waals surface area contributed by atoms with Gasteiger partial charge in [-0.1, -0.05) is 5.16 Å². The molecule has 0 aliphatic carbocycles. The van der Waals surface area contributed by atoms with Gasteiger partial charge in [0.05, 0.1) is 12.1 Å². The molecule has 1 aliphatic heterocycles. The van der Waals surface area contributed by atoms with E-state index in [2.05, 4.69) is 15.5 Å². The number of nitrogens with one attached hydrogen (secondary N) is 1.